The molecule has 2 aromatic heterocycles. The van der Waals surface area contributed by atoms with Crippen LogP contribution in [0.5, 0.6) is 0 Å². The summed E-state index contributed by atoms with van der Waals surface area (Å²) in [6, 6.07) is 5.17. The standard InChI is InChI=1S/C11H9BrN2O2/c1-7-9(3-2-5-13-7)14-11(15)8-4-6-16-10(8)12/h2-6H,1H3,(H,14,15). The van der Waals surface area contributed by atoms with E-state index in [-0.39, 0.29) is 5.91 Å². The third-order valence-electron chi connectivity index (χ3n) is 2.12. The van der Waals surface area contributed by atoms with Gasteiger partial charge in [-0.3, -0.25) is 9.78 Å². The first-order chi connectivity index (χ1) is 7.68. The Morgan fingerprint density at radius 3 is 2.94 bits per heavy atom. The number of halogens is 1. The second kappa shape index (κ2) is 4.49. The van der Waals surface area contributed by atoms with Crippen molar-refractivity contribution in [1.82, 2.24) is 4.98 Å². The van der Waals surface area contributed by atoms with Gasteiger partial charge in [0.2, 0.25) is 0 Å². The number of pyridine rings is 1. The second-order valence-electron chi connectivity index (χ2n) is 3.20. The average Bonchev–Trinajstić information content (AvgIpc) is 2.68. The highest BCUT2D eigenvalue weighted by atomic mass is 79.9. The highest BCUT2D eigenvalue weighted by Gasteiger charge is 2.13. The van der Waals surface area contributed by atoms with Crippen LogP contribution in [0.3, 0.4) is 0 Å². The molecule has 1 amide bonds. The smallest absolute Gasteiger partial charge is 0.260 e. The molecule has 5 heteroatoms. The van der Waals surface area contributed by atoms with Gasteiger partial charge < -0.3 is 9.73 Å². The van der Waals surface area contributed by atoms with Gasteiger partial charge in [-0.1, -0.05) is 0 Å². The summed E-state index contributed by atoms with van der Waals surface area (Å²) in [5.74, 6) is -0.225. The average molecular weight is 281 g/mol. The van der Waals surface area contributed by atoms with E-state index in [1.54, 1.807) is 24.4 Å². The van der Waals surface area contributed by atoms with Gasteiger partial charge in [0.25, 0.3) is 5.91 Å². The quantitative estimate of drug-likeness (QED) is 0.920. The predicted molar refractivity (Wildman–Crippen MR) is 63.3 cm³/mol. The van der Waals surface area contributed by atoms with Gasteiger partial charge in [0.1, 0.15) is 0 Å². The van der Waals surface area contributed by atoms with Crippen molar-refractivity contribution in [2.24, 2.45) is 0 Å². The Hall–Kier alpha value is -1.62. The molecule has 0 aromatic carbocycles. The van der Waals surface area contributed by atoms with Crippen LogP contribution in [0.25, 0.3) is 0 Å². The van der Waals surface area contributed by atoms with E-state index in [0.717, 1.165) is 5.69 Å². The van der Waals surface area contributed by atoms with E-state index in [1.807, 2.05) is 6.92 Å². The van der Waals surface area contributed by atoms with Crippen molar-refractivity contribution in [3.8, 4) is 0 Å². The number of hydrogen-bond donors (Lipinski definition) is 1. The number of anilines is 1. The summed E-state index contributed by atoms with van der Waals surface area (Å²) < 4.78 is 5.42. The minimum atomic E-state index is -0.225. The van der Waals surface area contributed by atoms with Crippen LogP contribution in [0, 0.1) is 6.92 Å². The molecule has 4 nitrogen and oxygen atoms in total. The first-order valence-electron chi connectivity index (χ1n) is 4.64. The first kappa shape index (κ1) is 10.9. The molecule has 2 aromatic rings. The van der Waals surface area contributed by atoms with E-state index in [9.17, 15) is 4.79 Å². The lowest BCUT2D eigenvalue weighted by atomic mass is 10.2. The Balaban J connectivity index is 2.21. The number of amides is 1. The summed E-state index contributed by atoms with van der Waals surface area (Å²) in [5, 5.41) is 2.76. The van der Waals surface area contributed by atoms with E-state index in [4.69, 9.17) is 4.42 Å². The first-order valence-corrected chi connectivity index (χ1v) is 5.44. The monoisotopic (exact) mass is 280 g/mol. The third kappa shape index (κ3) is 2.14. The van der Waals surface area contributed by atoms with Gasteiger partial charge in [-0.2, -0.15) is 0 Å². The number of aryl methyl sites for hydroxylation is 1. The van der Waals surface area contributed by atoms with Crippen LogP contribution in [0.2, 0.25) is 0 Å². The normalized spacial score (nSPS) is 10.1. The van der Waals surface area contributed by atoms with Gasteiger partial charge in [-0.25, -0.2) is 0 Å². The fourth-order valence-corrected chi connectivity index (χ4v) is 1.68. The van der Waals surface area contributed by atoms with Crippen molar-refractivity contribution >= 4 is 27.5 Å². The number of furan rings is 1. The maximum atomic E-state index is 11.8. The molecular formula is C11H9BrN2O2. The van der Waals surface area contributed by atoms with Crippen LogP contribution in [0.1, 0.15) is 16.1 Å². The molecular weight excluding hydrogens is 272 g/mol. The Morgan fingerprint density at radius 1 is 1.50 bits per heavy atom. The molecule has 1 N–H and O–H groups in total. The van der Waals surface area contributed by atoms with Gasteiger partial charge in [0, 0.05) is 6.20 Å². The molecule has 2 rings (SSSR count). The fourth-order valence-electron chi connectivity index (χ4n) is 1.26. The predicted octanol–water partition coefficient (Wildman–Crippen LogP) is 3.00. The molecule has 0 atom stereocenters. The SMILES string of the molecule is Cc1ncccc1NC(=O)c1ccoc1Br. The van der Waals surface area contributed by atoms with Crippen LogP contribution in [0.4, 0.5) is 5.69 Å². The summed E-state index contributed by atoms with van der Waals surface area (Å²) >= 11 is 3.16. The Morgan fingerprint density at radius 2 is 2.31 bits per heavy atom. The molecule has 0 fully saturated rings. The van der Waals surface area contributed by atoms with Crippen molar-refractivity contribution in [2.75, 3.05) is 5.32 Å². The maximum Gasteiger partial charge on any atom is 0.260 e. The molecule has 2 heterocycles. The van der Waals surface area contributed by atoms with Crippen molar-refractivity contribution in [1.29, 1.82) is 0 Å². The fraction of sp³-hybridized carbons (Fsp3) is 0.0909. The van der Waals surface area contributed by atoms with Crippen LogP contribution in [0.15, 0.2) is 39.7 Å². The van der Waals surface area contributed by atoms with Gasteiger partial charge in [0.05, 0.1) is 23.2 Å². The van der Waals surface area contributed by atoms with E-state index >= 15 is 0 Å². The number of carbonyl (C=O) groups excluding carboxylic acids is 1. The zero-order valence-corrected chi connectivity index (χ0v) is 10.1. The van der Waals surface area contributed by atoms with E-state index in [1.165, 1.54) is 6.26 Å². The number of rotatable bonds is 2. The van der Waals surface area contributed by atoms with Crippen molar-refractivity contribution in [3.05, 3.63) is 46.6 Å². The van der Waals surface area contributed by atoms with E-state index < -0.39 is 0 Å². The zero-order chi connectivity index (χ0) is 11.5. The molecule has 0 unspecified atom stereocenters. The van der Waals surface area contributed by atoms with Gasteiger partial charge in [0.15, 0.2) is 4.67 Å². The number of nitrogens with one attached hydrogen (secondary N) is 1. The molecule has 0 aliphatic carbocycles. The Bertz CT molecular complexity index is 522. The van der Waals surface area contributed by atoms with E-state index in [0.29, 0.717) is 15.9 Å². The number of hydrogen-bond acceptors (Lipinski definition) is 3. The molecule has 0 bridgehead atoms. The molecule has 0 spiro atoms. The van der Waals surface area contributed by atoms with Crippen LogP contribution >= 0.6 is 15.9 Å². The molecule has 0 saturated carbocycles. The molecule has 0 saturated heterocycles. The van der Waals surface area contributed by atoms with Crippen molar-refractivity contribution < 1.29 is 9.21 Å². The van der Waals surface area contributed by atoms with Crippen LogP contribution in [-0.4, -0.2) is 10.9 Å². The van der Waals surface area contributed by atoms with Crippen molar-refractivity contribution in [2.45, 2.75) is 6.92 Å². The van der Waals surface area contributed by atoms with Crippen molar-refractivity contribution in [3.63, 3.8) is 0 Å². The van der Waals surface area contributed by atoms with E-state index in [2.05, 4.69) is 26.2 Å². The second-order valence-corrected chi connectivity index (χ2v) is 3.92. The lowest BCUT2D eigenvalue weighted by Gasteiger charge is -2.05. The lowest BCUT2D eigenvalue weighted by molar-refractivity contribution is 0.102. The third-order valence-corrected chi connectivity index (χ3v) is 2.73. The van der Waals surface area contributed by atoms with Crippen LogP contribution < -0.4 is 5.32 Å². The summed E-state index contributed by atoms with van der Waals surface area (Å²) in [7, 11) is 0. The van der Waals surface area contributed by atoms with Crippen LogP contribution in [-0.2, 0) is 0 Å². The molecule has 0 aliphatic rings. The van der Waals surface area contributed by atoms with Gasteiger partial charge >= 0.3 is 0 Å². The largest absolute Gasteiger partial charge is 0.457 e. The number of carbonyl (C=O) groups is 1. The highest BCUT2D eigenvalue weighted by molar-refractivity contribution is 9.10. The molecule has 0 radical (unpaired) electrons. The molecule has 0 aliphatic heterocycles. The van der Waals surface area contributed by atoms with Gasteiger partial charge in [-0.15, -0.1) is 0 Å². The Labute approximate surface area is 101 Å². The highest BCUT2D eigenvalue weighted by Crippen LogP contribution is 2.19. The summed E-state index contributed by atoms with van der Waals surface area (Å²) in [4.78, 5) is 15.9. The molecule has 82 valence electrons. The summed E-state index contributed by atoms with van der Waals surface area (Å²) in [6.45, 7) is 1.83. The maximum absolute atomic E-state index is 11.8. The summed E-state index contributed by atoms with van der Waals surface area (Å²) in [6.07, 6.45) is 3.13. The zero-order valence-electron chi connectivity index (χ0n) is 8.53. The number of aromatic nitrogens is 1. The molecule has 16 heavy (non-hydrogen) atoms. The Kier molecular flexibility index (Phi) is 3.05. The lowest BCUT2D eigenvalue weighted by Crippen LogP contribution is -2.12. The van der Waals surface area contributed by atoms with Gasteiger partial charge in [-0.05, 0) is 41.1 Å². The minimum absolute atomic E-state index is 0.225. The summed E-state index contributed by atoms with van der Waals surface area (Å²) in [5.41, 5.74) is 1.93. The minimum Gasteiger partial charge on any atom is -0.457 e. The topological polar surface area (TPSA) is 55.1 Å². The number of nitrogens with zero attached hydrogens (tertiary/aromatic N) is 1.